The highest BCUT2D eigenvalue weighted by Gasteiger charge is 2.30. The number of oxazole rings is 2. The molecule has 0 spiro atoms. The molecule has 0 unspecified atom stereocenters. The Balaban J connectivity index is 0.000000227. The van der Waals surface area contributed by atoms with Crippen molar-refractivity contribution < 1.29 is 45.8 Å². The Hall–Kier alpha value is -6.13. The summed E-state index contributed by atoms with van der Waals surface area (Å²) in [6.07, 6.45) is -0.551. The summed E-state index contributed by atoms with van der Waals surface area (Å²) in [5, 5.41) is 9.95. The van der Waals surface area contributed by atoms with E-state index in [-0.39, 0.29) is 6.04 Å². The number of para-hydroxylation sites is 2. The Morgan fingerprint density at radius 1 is 0.783 bits per heavy atom. The number of aromatic nitrogens is 2. The fourth-order valence-electron chi connectivity index (χ4n) is 7.39. The van der Waals surface area contributed by atoms with Gasteiger partial charge in [-0.05, 0) is 99.3 Å². The Labute approximate surface area is 344 Å². The molecule has 4 aromatic carbocycles. The second-order valence-corrected chi connectivity index (χ2v) is 14.5. The first-order valence-electron chi connectivity index (χ1n) is 19.9. The van der Waals surface area contributed by atoms with Crippen LogP contribution >= 0.6 is 0 Å². The predicted octanol–water partition coefficient (Wildman–Crippen LogP) is 8.55. The third kappa shape index (κ3) is 10.00. The van der Waals surface area contributed by atoms with Crippen LogP contribution in [0.2, 0.25) is 0 Å². The second kappa shape index (κ2) is 18.8. The molecule has 4 heterocycles. The number of fused-ring (bicyclic) bond motifs is 2. The van der Waals surface area contributed by atoms with Gasteiger partial charge < -0.3 is 39.0 Å². The van der Waals surface area contributed by atoms with Gasteiger partial charge in [0.25, 0.3) is 12.0 Å². The molecule has 0 saturated carbocycles. The molecule has 0 aliphatic carbocycles. The number of nitrogens with zero attached hydrogens (tertiary/aromatic N) is 3. The molecule has 2 saturated heterocycles. The number of halogens is 3. The molecule has 13 nitrogen and oxygen atoms in total. The number of hydrogen-bond acceptors (Lipinski definition) is 13. The minimum atomic E-state index is -4.37. The number of anilines is 2. The van der Waals surface area contributed by atoms with Crippen LogP contribution in [0.25, 0.3) is 33.3 Å². The number of methoxy groups -OCH3 is 2. The number of esters is 2. The van der Waals surface area contributed by atoms with Gasteiger partial charge in [-0.2, -0.15) is 23.1 Å². The van der Waals surface area contributed by atoms with E-state index >= 15 is 0 Å². The zero-order chi connectivity index (χ0) is 42.2. The molecule has 16 heteroatoms. The predicted molar refractivity (Wildman–Crippen MR) is 220 cm³/mol. The molecule has 0 radical (unpaired) electrons. The molecule has 2 fully saturated rings. The standard InChI is InChI=1S/C30H30F3N3O4.C14H17N3O3/c1-3-39-26-17-19(7-12-23(26)20-8-10-21(11-9-20)30(31,32)33)18-36-15-13-22(14-16-36)34-29-35-25-6-4-5-24(27(25)40-29)28(37)38-2;1-19-13(18)10-3-2-4-11-12(10)20-14(17-11)16-9-5-7-15-8-6-9/h4-12,17,22H,3,13-16,18H2,1-2H3,(H,34,35);2-4,9,15H,5-8H2,1H3,(H,16,17). The Bertz CT molecular complexity index is 2400. The van der Waals surface area contributed by atoms with Crippen molar-refractivity contribution in [3.8, 4) is 16.9 Å². The minimum Gasteiger partial charge on any atom is -0.493 e. The first-order chi connectivity index (χ1) is 29.0. The van der Waals surface area contributed by atoms with E-state index in [2.05, 4.69) is 30.8 Å². The number of rotatable bonds is 11. The van der Waals surface area contributed by atoms with Crippen molar-refractivity contribution in [1.29, 1.82) is 0 Å². The van der Waals surface area contributed by atoms with Crippen molar-refractivity contribution in [1.82, 2.24) is 20.2 Å². The van der Waals surface area contributed by atoms with Crippen LogP contribution in [0.15, 0.2) is 87.7 Å². The van der Waals surface area contributed by atoms with Gasteiger partial charge in [-0.3, -0.25) is 4.90 Å². The van der Waals surface area contributed by atoms with Crippen LogP contribution in [0.3, 0.4) is 0 Å². The van der Waals surface area contributed by atoms with E-state index < -0.39 is 23.7 Å². The van der Waals surface area contributed by atoms with E-state index in [9.17, 15) is 22.8 Å². The van der Waals surface area contributed by atoms with Crippen LogP contribution in [0.4, 0.5) is 25.2 Å². The van der Waals surface area contributed by atoms with Gasteiger partial charge in [0.05, 0.1) is 26.4 Å². The lowest BCUT2D eigenvalue weighted by Crippen LogP contribution is -2.38. The van der Waals surface area contributed by atoms with E-state index in [0.717, 1.165) is 81.7 Å². The maximum atomic E-state index is 13.0. The number of hydrogen-bond donors (Lipinski definition) is 3. The highest BCUT2D eigenvalue weighted by Crippen LogP contribution is 2.35. The van der Waals surface area contributed by atoms with Crippen LogP contribution < -0.4 is 20.7 Å². The Kier molecular flexibility index (Phi) is 13.2. The monoisotopic (exact) mass is 828 g/mol. The van der Waals surface area contributed by atoms with Gasteiger partial charge >= 0.3 is 18.1 Å². The van der Waals surface area contributed by atoms with E-state index in [1.165, 1.54) is 26.4 Å². The molecule has 60 heavy (non-hydrogen) atoms. The van der Waals surface area contributed by atoms with E-state index in [0.29, 0.717) is 69.3 Å². The average Bonchev–Trinajstić information content (AvgIpc) is 3.88. The average molecular weight is 829 g/mol. The minimum absolute atomic E-state index is 0.173. The molecule has 8 rings (SSSR count). The van der Waals surface area contributed by atoms with Crippen molar-refractivity contribution in [2.75, 3.05) is 57.6 Å². The maximum absolute atomic E-state index is 13.0. The summed E-state index contributed by atoms with van der Waals surface area (Å²) in [5.74, 6) is -0.236. The summed E-state index contributed by atoms with van der Waals surface area (Å²) >= 11 is 0. The number of carbonyl (C=O) groups excluding carboxylic acids is 2. The van der Waals surface area contributed by atoms with Gasteiger partial charge in [0, 0.05) is 37.3 Å². The Morgan fingerprint density at radius 3 is 1.85 bits per heavy atom. The van der Waals surface area contributed by atoms with Crippen molar-refractivity contribution >= 4 is 46.2 Å². The van der Waals surface area contributed by atoms with Crippen molar-refractivity contribution in [3.63, 3.8) is 0 Å². The quantitative estimate of drug-likeness (QED) is 0.107. The summed E-state index contributed by atoms with van der Waals surface area (Å²) in [7, 11) is 2.68. The van der Waals surface area contributed by atoms with Gasteiger partial charge in [-0.25, -0.2) is 9.59 Å². The van der Waals surface area contributed by atoms with Gasteiger partial charge in [0.2, 0.25) is 0 Å². The normalized spacial score (nSPS) is 15.3. The molecule has 2 aliphatic rings. The largest absolute Gasteiger partial charge is 0.493 e. The van der Waals surface area contributed by atoms with Crippen LogP contribution in [0.5, 0.6) is 5.75 Å². The molecule has 2 aromatic heterocycles. The van der Waals surface area contributed by atoms with E-state index in [4.69, 9.17) is 23.0 Å². The van der Waals surface area contributed by atoms with Crippen molar-refractivity contribution in [2.24, 2.45) is 0 Å². The lowest BCUT2D eigenvalue weighted by atomic mass is 10.00. The number of alkyl halides is 3. The molecule has 0 amide bonds. The first kappa shape index (κ1) is 42.0. The first-order valence-corrected chi connectivity index (χ1v) is 19.9. The molecular weight excluding hydrogens is 782 g/mol. The highest BCUT2D eigenvalue weighted by molar-refractivity contribution is 6.02. The van der Waals surface area contributed by atoms with E-state index in [1.54, 1.807) is 30.3 Å². The molecule has 316 valence electrons. The van der Waals surface area contributed by atoms with Gasteiger partial charge in [-0.1, -0.05) is 36.4 Å². The fourth-order valence-corrected chi connectivity index (χ4v) is 7.39. The van der Waals surface area contributed by atoms with E-state index in [1.807, 2.05) is 31.2 Å². The smallest absolute Gasteiger partial charge is 0.416 e. The number of piperidine rings is 2. The zero-order valence-corrected chi connectivity index (χ0v) is 33.6. The number of benzene rings is 4. The number of likely N-dealkylation sites (tertiary alicyclic amines) is 1. The molecule has 0 atom stereocenters. The van der Waals surface area contributed by atoms with Crippen molar-refractivity contribution in [3.05, 3.63) is 101 Å². The maximum Gasteiger partial charge on any atom is 0.416 e. The lowest BCUT2D eigenvalue weighted by Gasteiger charge is -2.32. The lowest BCUT2D eigenvalue weighted by molar-refractivity contribution is -0.137. The summed E-state index contributed by atoms with van der Waals surface area (Å²) in [6.45, 7) is 6.76. The number of carbonyl (C=O) groups is 2. The van der Waals surface area contributed by atoms with Gasteiger partial charge in [0.15, 0.2) is 11.2 Å². The van der Waals surface area contributed by atoms with Crippen LogP contribution in [0.1, 0.15) is 64.4 Å². The van der Waals surface area contributed by atoms with Crippen LogP contribution in [0, 0.1) is 0 Å². The molecular formula is C44H47F3N6O7. The van der Waals surface area contributed by atoms with Gasteiger partial charge in [-0.15, -0.1) is 0 Å². The highest BCUT2D eigenvalue weighted by atomic mass is 19.4. The van der Waals surface area contributed by atoms with Crippen molar-refractivity contribution in [2.45, 2.75) is 57.4 Å². The third-order valence-electron chi connectivity index (χ3n) is 10.5. The summed E-state index contributed by atoms with van der Waals surface area (Å²) in [6, 6.07) is 22.8. The SMILES string of the molecule is CCOc1cc(CN2CCC(Nc3nc4cccc(C(=O)OC)c4o3)CC2)ccc1-c1ccc(C(F)(F)F)cc1.COC(=O)c1cccc2nc(NC3CCNCC3)oc12. The number of nitrogens with one attached hydrogen (secondary N) is 3. The molecule has 0 bridgehead atoms. The van der Waals surface area contributed by atoms with Crippen LogP contribution in [-0.4, -0.2) is 85.9 Å². The summed E-state index contributed by atoms with van der Waals surface area (Å²) < 4.78 is 65.9. The second-order valence-electron chi connectivity index (χ2n) is 14.5. The Morgan fingerprint density at radius 2 is 1.33 bits per heavy atom. The molecule has 2 aliphatic heterocycles. The van der Waals surface area contributed by atoms with Crippen LogP contribution in [-0.2, 0) is 22.2 Å². The molecule has 3 N–H and O–H groups in total. The zero-order valence-electron chi connectivity index (χ0n) is 33.6. The summed E-state index contributed by atoms with van der Waals surface area (Å²) in [5.41, 5.74) is 4.68. The molecule has 6 aromatic rings. The summed E-state index contributed by atoms with van der Waals surface area (Å²) in [4.78, 5) is 34.9. The van der Waals surface area contributed by atoms with Gasteiger partial charge in [0.1, 0.15) is 27.9 Å². The fraction of sp³-hybridized carbons (Fsp3) is 0.364. The number of ether oxygens (including phenoxy) is 3. The third-order valence-corrected chi connectivity index (χ3v) is 10.5. The topological polar surface area (TPSA) is 153 Å².